The van der Waals surface area contributed by atoms with Crippen LogP contribution in [0.25, 0.3) is 0 Å². The molecule has 15 heavy (non-hydrogen) atoms. The molecule has 0 aliphatic carbocycles. The lowest BCUT2D eigenvalue weighted by Crippen LogP contribution is -2.41. The summed E-state index contributed by atoms with van der Waals surface area (Å²) in [4.78, 5) is 8.30. The molecule has 2 heterocycles. The number of nitrogens with zero attached hydrogens (tertiary/aromatic N) is 2. The van der Waals surface area contributed by atoms with Gasteiger partial charge in [0.15, 0.2) is 0 Å². The van der Waals surface area contributed by atoms with Gasteiger partial charge < -0.3 is 10.1 Å². The molecule has 1 aliphatic heterocycles. The van der Waals surface area contributed by atoms with Crippen LogP contribution in [0.15, 0.2) is 16.9 Å². The summed E-state index contributed by atoms with van der Waals surface area (Å²) in [5.41, 5.74) is -0.213. The van der Waals surface area contributed by atoms with E-state index in [0.29, 0.717) is 18.4 Å². The largest absolute Gasteiger partial charge is 0.379 e. The minimum Gasteiger partial charge on any atom is -0.379 e. The topological polar surface area (TPSA) is 47.0 Å². The van der Waals surface area contributed by atoms with Crippen LogP contribution in [0.5, 0.6) is 0 Å². The van der Waals surface area contributed by atoms with Crippen LogP contribution >= 0.6 is 27.5 Å². The Morgan fingerprint density at radius 2 is 2.27 bits per heavy atom. The molecule has 0 saturated carbocycles. The van der Waals surface area contributed by atoms with Crippen LogP contribution in [0.3, 0.4) is 0 Å². The van der Waals surface area contributed by atoms with E-state index in [2.05, 4.69) is 31.2 Å². The van der Waals surface area contributed by atoms with Gasteiger partial charge in [-0.3, -0.25) is 0 Å². The molecule has 0 radical (unpaired) electrons. The molecule has 4 nitrogen and oxygen atoms in total. The van der Waals surface area contributed by atoms with E-state index in [0.717, 1.165) is 17.5 Å². The van der Waals surface area contributed by atoms with E-state index in [9.17, 15) is 0 Å². The highest BCUT2D eigenvalue weighted by molar-refractivity contribution is 9.10. The fourth-order valence-electron chi connectivity index (χ4n) is 1.46. The van der Waals surface area contributed by atoms with Gasteiger partial charge in [-0.05, 0) is 22.4 Å². The Morgan fingerprint density at radius 1 is 1.53 bits per heavy atom. The molecular weight excluding hydrogens is 281 g/mol. The number of aromatic nitrogens is 2. The number of hydrogen-bond acceptors (Lipinski definition) is 4. The van der Waals surface area contributed by atoms with E-state index in [-0.39, 0.29) is 5.54 Å². The second-order valence-corrected chi connectivity index (χ2v) is 4.75. The Bertz CT molecular complexity index is 327. The van der Waals surface area contributed by atoms with Crippen LogP contribution in [0, 0.1) is 0 Å². The van der Waals surface area contributed by atoms with E-state index in [1.54, 1.807) is 12.4 Å². The molecule has 6 heteroatoms. The first-order valence-electron chi connectivity index (χ1n) is 4.64. The molecule has 1 saturated heterocycles. The minimum absolute atomic E-state index is 0.213. The first-order valence-corrected chi connectivity index (χ1v) is 5.96. The Kier molecular flexibility index (Phi) is 3.43. The van der Waals surface area contributed by atoms with Crippen LogP contribution in [0.1, 0.15) is 6.42 Å². The van der Waals surface area contributed by atoms with Gasteiger partial charge in [-0.2, -0.15) is 0 Å². The van der Waals surface area contributed by atoms with Gasteiger partial charge in [0.25, 0.3) is 0 Å². The summed E-state index contributed by atoms with van der Waals surface area (Å²) < 4.78 is 6.19. The number of nitrogens with one attached hydrogen (secondary N) is 1. The van der Waals surface area contributed by atoms with Crippen molar-refractivity contribution in [3.63, 3.8) is 0 Å². The Balaban J connectivity index is 2.09. The Morgan fingerprint density at radius 3 is 2.80 bits per heavy atom. The van der Waals surface area contributed by atoms with E-state index in [4.69, 9.17) is 16.3 Å². The van der Waals surface area contributed by atoms with Crippen molar-refractivity contribution in [3.05, 3.63) is 16.9 Å². The number of anilines is 1. The quantitative estimate of drug-likeness (QED) is 0.866. The highest BCUT2D eigenvalue weighted by Crippen LogP contribution is 2.24. The van der Waals surface area contributed by atoms with Gasteiger partial charge in [0.05, 0.1) is 16.6 Å². The van der Waals surface area contributed by atoms with Crippen molar-refractivity contribution >= 4 is 33.5 Å². The Hall–Kier alpha value is -0.390. The molecule has 2 rings (SSSR count). The van der Waals surface area contributed by atoms with Gasteiger partial charge in [-0.25, -0.2) is 9.97 Å². The maximum absolute atomic E-state index is 5.94. The molecular formula is C9H11BrClN3O. The minimum atomic E-state index is -0.213. The molecule has 1 atom stereocenters. The maximum atomic E-state index is 5.94. The second kappa shape index (κ2) is 4.63. The molecule has 1 aromatic rings. The van der Waals surface area contributed by atoms with E-state index < -0.39 is 0 Å². The van der Waals surface area contributed by atoms with E-state index in [1.807, 2.05) is 0 Å². The van der Waals surface area contributed by atoms with Gasteiger partial charge in [-0.15, -0.1) is 11.6 Å². The third-order valence-corrected chi connectivity index (χ3v) is 3.28. The zero-order valence-electron chi connectivity index (χ0n) is 8.04. The second-order valence-electron chi connectivity index (χ2n) is 3.57. The third kappa shape index (κ3) is 2.59. The standard InChI is InChI=1S/C9H11BrClN3O/c10-7-3-12-8(13-4-7)14-9(5-11)1-2-15-6-9/h3-4H,1-2,5-6H2,(H,12,13,14). The molecule has 1 N–H and O–H groups in total. The van der Waals surface area contributed by atoms with E-state index >= 15 is 0 Å². The van der Waals surface area contributed by atoms with Crippen molar-refractivity contribution in [3.8, 4) is 0 Å². The molecule has 0 bridgehead atoms. The van der Waals surface area contributed by atoms with Crippen LogP contribution in [0.4, 0.5) is 5.95 Å². The van der Waals surface area contributed by atoms with Crippen molar-refractivity contribution < 1.29 is 4.74 Å². The van der Waals surface area contributed by atoms with Gasteiger partial charge in [-0.1, -0.05) is 0 Å². The summed E-state index contributed by atoms with van der Waals surface area (Å²) >= 11 is 9.22. The van der Waals surface area contributed by atoms with Crippen molar-refractivity contribution in [2.24, 2.45) is 0 Å². The summed E-state index contributed by atoms with van der Waals surface area (Å²) in [6.45, 7) is 1.34. The summed E-state index contributed by atoms with van der Waals surface area (Å²) in [6, 6.07) is 0. The molecule has 1 unspecified atom stereocenters. The fraction of sp³-hybridized carbons (Fsp3) is 0.556. The highest BCUT2D eigenvalue weighted by Gasteiger charge is 2.34. The van der Waals surface area contributed by atoms with Crippen molar-refractivity contribution in [2.75, 3.05) is 24.4 Å². The van der Waals surface area contributed by atoms with Gasteiger partial charge in [0, 0.05) is 24.9 Å². The summed E-state index contributed by atoms with van der Waals surface area (Å²) in [5.74, 6) is 1.08. The third-order valence-electron chi connectivity index (χ3n) is 2.36. The summed E-state index contributed by atoms with van der Waals surface area (Å²) in [6.07, 6.45) is 4.29. The van der Waals surface area contributed by atoms with Crippen LogP contribution in [-0.4, -0.2) is 34.6 Å². The fourth-order valence-corrected chi connectivity index (χ4v) is 1.94. The molecule has 0 amide bonds. The van der Waals surface area contributed by atoms with Crippen LogP contribution in [0.2, 0.25) is 0 Å². The summed E-state index contributed by atoms with van der Waals surface area (Å²) in [7, 11) is 0. The average molecular weight is 293 g/mol. The highest BCUT2D eigenvalue weighted by atomic mass is 79.9. The number of hydrogen-bond donors (Lipinski definition) is 1. The van der Waals surface area contributed by atoms with E-state index in [1.165, 1.54) is 0 Å². The number of ether oxygens (including phenoxy) is 1. The average Bonchev–Trinajstić information content (AvgIpc) is 2.71. The van der Waals surface area contributed by atoms with Gasteiger partial charge in [0.2, 0.25) is 5.95 Å². The number of halogens is 2. The maximum Gasteiger partial charge on any atom is 0.223 e. The number of rotatable bonds is 3. The zero-order chi connectivity index (χ0) is 10.7. The lowest BCUT2D eigenvalue weighted by molar-refractivity contribution is 0.185. The monoisotopic (exact) mass is 291 g/mol. The van der Waals surface area contributed by atoms with Gasteiger partial charge in [0.1, 0.15) is 0 Å². The SMILES string of the molecule is ClCC1(Nc2ncc(Br)cn2)CCOC1. The van der Waals surface area contributed by atoms with Crippen molar-refractivity contribution in [1.29, 1.82) is 0 Å². The molecule has 0 aromatic carbocycles. The molecule has 82 valence electrons. The van der Waals surface area contributed by atoms with Crippen molar-refractivity contribution in [1.82, 2.24) is 9.97 Å². The van der Waals surface area contributed by atoms with Gasteiger partial charge >= 0.3 is 0 Å². The first kappa shape index (κ1) is 11.1. The normalized spacial score (nSPS) is 25.5. The van der Waals surface area contributed by atoms with Crippen LogP contribution in [-0.2, 0) is 4.74 Å². The molecule has 1 fully saturated rings. The van der Waals surface area contributed by atoms with Crippen LogP contribution < -0.4 is 5.32 Å². The van der Waals surface area contributed by atoms with Crippen molar-refractivity contribution in [2.45, 2.75) is 12.0 Å². The smallest absolute Gasteiger partial charge is 0.223 e. The lowest BCUT2D eigenvalue weighted by Gasteiger charge is -2.25. The lowest BCUT2D eigenvalue weighted by atomic mass is 10.0. The number of alkyl halides is 1. The molecule has 0 spiro atoms. The summed E-state index contributed by atoms with van der Waals surface area (Å²) in [5, 5.41) is 3.23. The zero-order valence-corrected chi connectivity index (χ0v) is 10.4. The first-order chi connectivity index (χ1) is 7.24. The Labute approximate surface area is 102 Å². The molecule has 1 aromatic heterocycles. The predicted molar refractivity (Wildman–Crippen MR) is 62.2 cm³/mol. The molecule has 1 aliphatic rings. The predicted octanol–water partition coefficient (Wildman–Crippen LogP) is 2.05.